The third-order valence-corrected chi connectivity index (χ3v) is 8.61. The van der Waals surface area contributed by atoms with E-state index >= 15 is 0 Å². The molecule has 1 N–H and O–H groups in total. The van der Waals surface area contributed by atoms with Crippen molar-refractivity contribution in [2.75, 3.05) is 16.2 Å². The van der Waals surface area contributed by atoms with Gasteiger partial charge >= 0.3 is 0 Å². The van der Waals surface area contributed by atoms with Crippen molar-refractivity contribution in [3.05, 3.63) is 87.8 Å². The number of carbonyl (C=O) groups excluding carboxylic acids is 1. The molecule has 0 bridgehead atoms. The van der Waals surface area contributed by atoms with Crippen LogP contribution in [0.25, 0.3) is 10.1 Å². The first-order valence-corrected chi connectivity index (χ1v) is 13.0. The second kappa shape index (κ2) is 9.17. The average molecular weight is 499 g/mol. The lowest BCUT2D eigenvalue weighted by Crippen LogP contribution is -2.30. The molecule has 5 nitrogen and oxygen atoms in total. The second-order valence-corrected chi connectivity index (χ2v) is 11.1. The zero-order chi connectivity index (χ0) is 23.8. The van der Waals surface area contributed by atoms with E-state index in [2.05, 4.69) is 5.32 Å². The van der Waals surface area contributed by atoms with Crippen LogP contribution in [0.4, 0.5) is 11.4 Å². The van der Waals surface area contributed by atoms with Crippen LogP contribution in [0.5, 0.6) is 0 Å². The maximum absolute atomic E-state index is 13.2. The second-order valence-electron chi connectivity index (χ2n) is 7.73. The summed E-state index contributed by atoms with van der Waals surface area (Å²) in [7, 11) is -3.70. The van der Waals surface area contributed by atoms with Crippen LogP contribution in [0, 0.1) is 13.8 Å². The molecule has 170 valence electrons. The zero-order valence-corrected chi connectivity index (χ0v) is 20.8. The molecule has 1 aromatic heterocycles. The average Bonchev–Trinajstić information content (AvgIpc) is 3.20. The largest absolute Gasteiger partial charge is 0.321 e. The number of anilines is 2. The molecule has 0 fully saturated rings. The molecule has 4 rings (SSSR count). The Balaban J connectivity index is 1.64. The molecule has 0 aliphatic carbocycles. The number of amides is 1. The van der Waals surface area contributed by atoms with E-state index in [1.165, 1.54) is 15.6 Å². The summed E-state index contributed by atoms with van der Waals surface area (Å²) in [5, 5.41) is 4.35. The smallest absolute Gasteiger partial charge is 0.265 e. The zero-order valence-electron chi connectivity index (χ0n) is 18.4. The SMILES string of the molecule is CCN(c1ccc2sc(C(=O)Nc3ccc(Cl)cc3C)cc2c1)S(=O)(=O)c1ccc(C)cc1. The molecule has 0 aliphatic rings. The van der Waals surface area contributed by atoms with E-state index < -0.39 is 10.0 Å². The Morgan fingerprint density at radius 3 is 2.39 bits per heavy atom. The number of nitrogens with zero attached hydrogens (tertiary/aromatic N) is 1. The Hall–Kier alpha value is -2.87. The molecule has 1 heterocycles. The minimum absolute atomic E-state index is 0.220. The fourth-order valence-corrected chi connectivity index (χ4v) is 6.21. The van der Waals surface area contributed by atoms with Crippen molar-refractivity contribution in [2.45, 2.75) is 25.7 Å². The molecule has 0 atom stereocenters. The summed E-state index contributed by atoms with van der Waals surface area (Å²) in [5.74, 6) is -0.220. The number of carbonyl (C=O) groups is 1. The lowest BCUT2D eigenvalue weighted by atomic mass is 10.2. The van der Waals surface area contributed by atoms with E-state index in [0.29, 0.717) is 21.3 Å². The van der Waals surface area contributed by atoms with E-state index in [-0.39, 0.29) is 17.3 Å². The van der Waals surface area contributed by atoms with Crippen molar-refractivity contribution in [1.29, 1.82) is 0 Å². The standard InChI is InChI=1S/C25H23ClN2O3S2/c1-4-28(33(30,31)21-9-5-16(2)6-10-21)20-8-12-23-18(14-20)15-24(32-23)25(29)27-22-11-7-19(26)13-17(22)3/h5-15H,4H2,1-3H3,(H,27,29). The van der Waals surface area contributed by atoms with Gasteiger partial charge in [-0.15, -0.1) is 11.3 Å². The van der Waals surface area contributed by atoms with Gasteiger partial charge in [-0.1, -0.05) is 29.3 Å². The van der Waals surface area contributed by atoms with Gasteiger partial charge in [0.25, 0.3) is 15.9 Å². The van der Waals surface area contributed by atoms with Crippen LogP contribution < -0.4 is 9.62 Å². The van der Waals surface area contributed by atoms with Crippen molar-refractivity contribution in [2.24, 2.45) is 0 Å². The number of hydrogen-bond acceptors (Lipinski definition) is 4. The predicted octanol–water partition coefficient (Wildman–Crippen LogP) is 6.64. The highest BCUT2D eigenvalue weighted by Crippen LogP contribution is 2.32. The normalized spacial score (nSPS) is 11.5. The Morgan fingerprint density at radius 1 is 1.00 bits per heavy atom. The van der Waals surface area contributed by atoms with Crippen LogP contribution in [-0.4, -0.2) is 20.9 Å². The summed E-state index contributed by atoms with van der Waals surface area (Å²) >= 11 is 7.36. The number of aryl methyl sites for hydroxylation is 2. The number of fused-ring (bicyclic) bond motifs is 1. The number of rotatable bonds is 6. The summed E-state index contributed by atoms with van der Waals surface area (Å²) < 4.78 is 28.8. The molecule has 0 spiro atoms. The van der Waals surface area contributed by atoms with Crippen molar-refractivity contribution in [1.82, 2.24) is 0 Å². The van der Waals surface area contributed by atoms with Gasteiger partial charge in [-0.25, -0.2) is 8.42 Å². The molecule has 8 heteroatoms. The Labute approximate surface area is 202 Å². The molecule has 0 saturated carbocycles. The molecule has 0 aliphatic heterocycles. The minimum Gasteiger partial charge on any atom is -0.321 e. The van der Waals surface area contributed by atoms with Crippen LogP contribution in [0.1, 0.15) is 27.7 Å². The fourth-order valence-electron chi connectivity index (χ4n) is 3.58. The maximum atomic E-state index is 13.2. The lowest BCUT2D eigenvalue weighted by Gasteiger charge is -2.23. The molecular weight excluding hydrogens is 476 g/mol. The number of halogens is 1. The Bertz CT molecular complexity index is 1440. The molecule has 0 saturated heterocycles. The third-order valence-electron chi connectivity index (χ3n) is 5.34. The molecule has 4 aromatic rings. The summed E-state index contributed by atoms with van der Waals surface area (Å²) in [5.41, 5.74) is 3.13. The van der Waals surface area contributed by atoms with Gasteiger partial charge in [0.05, 0.1) is 15.5 Å². The minimum atomic E-state index is -3.70. The topological polar surface area (TPSA) is 66.5 Å². The van der Waals surface area contributed by atoms with Crippen molar-refractivity contribution in [3.63, 3.8) is 0 Å². The summed E-state index contributed by atoms with van der Waals surface area (Å²) in [4.78, 5) is 13.6. The summed E-state index contributed by atoms with van der Waals surface area (Å²) in [6.45, 7) is 5.89. The van der Waals surface area contributed by atoms with Crippen LogP contribution >= 0.6 is 22.9 Å². The lowest BCUT2D eigenvalue weighted by molar-refractivity contribution is 0.103. The molecular formula is C25H23ClN2O3S2. The highest BCUT2D eigenvalue weighted by molar-refractivity contribution is 7.92. The van der Waals surface area contributed by atoms with Gasteiger partial charge in [0.1, 0.15) is 0 Å². The van der Waals surface area contributed by atoms with Crippen LogP contribution in [-0.2, 0) is 10.0 Å². The van der Waals surface area contributed by atoms with E-state index in [9.17, 15) is 13.2 Å². The number of benzene rings is 3. The molecule has 0 unspecified atom stereocenters. The van der Waals surface area contributed by atoms with Gasteiger partial charge < -0.3 is 5.32 Å². The van der Waals surface area contributed by atoms with Gasteiger partial charge in [0.15, 0.2) is 0 Å². The highest BCUT2D eigenvalue weighted by atomic mass is 35.5. The van der Waals surface area contributed by atoms with Crippen molar-refractivity contribution >= 4 is 60.3 Å². The van der Waals surface area contributed by atoms with E-state index in [0.717, 1.165) is 21.2 Å². The highest BCUT2D eigenvalue weighted by Gasteiger charge is 2.24. The number of thiophene rings is 1. The summed E-state index contributed by atoms with van der Waals surface area (Å²) in [6, 6.07) is 19.3. The maximum Gasteiger partial charge on any atom is 0.265 e. The van der Waals surface area contributed by atoms with Gasteiger partial charge in [-0.3, -0.25) is 9.10 Å². The first-order valence-electron chi connectivity index (χ1n) is 10.4. The van der Waals surface area contributed by atoms with Crippen LogP contribution in [0.2, 0.25) is 5.02 Å². The number of nitrogens with one attached hydrogen (secondary N) is 1. The van der Waals surface area contributed by atoms with E-state index in [1.807, 2.05) is 26.0 Å². The van der Waals surface area contributed by atoms with Gasteiger partial charge in [0.2, 0.25) is 0 Å². The number of hydrogen-bond donors (Lipinski definition) is 1. The first-order chi connectivity index (χ1) is 15.7. The molecule has 0 radical (unpaired) electrons. The number of sulfonamides is 1. The van der Waals surface area contributed by atoms with Crippen LogP contribution in [0.15, 0.2) is 71.6 Å². The van der Waals surface area contributed by atoms with Crippen molar-refractivity contribution < 1.29 is 13.2 Å². The molecule has 1 amide bonds. The third kappa shape index (κ3) is 4.76. The quantitative estimate of drug-likeness (QED) is 0.324. The van der Waals surface area contributed by atoms with Gasteiger partial charge in [-0.05, 0) is 86.3 Å². The van der Waals surface area contributed by atoms with E-state index in [4.69, 9.17) is 11.6 Å². The summed E-state index contributed by atoms with van der Waals surface area (Å²) in [6.07, 6.45) is 0. The van der Waals surface area contributed by atoms with E-state index in [1.54, 1.807) is 61.5 Å². The van der Waals surface area contributed by atoms with Gasteiger partial charge in [-0.2, -0.15) is 0 Å². The Morgan fingerprint density at radius 2 is 1.73 bits per heavy atom. The van der Waals surface area contributed by atoms with Crippen LogP contribution in [0.3, 0.4) is 0 Å². The monoisotopic (exact) mass is 498 g/mol. The molecule has 33 heavy (non-hydrogen) atoms. The molecule has 3 aromatic carbocycles. The fraction of sp³-hybridized carbons (Fsp3) is 0.160. The Kier molecular flexibility index (Phi) is 6.47. The van der Waals surface area contributed by atoms with Crippen molar-refractivity contribution in [3.8, 4) is 0 Å². The van der Waals surface area contributed by atoms with Gasteiger partial charge in [0, 0.05) is 22.0 Å². The predicted molar refractivity (Wildman–Crippen MR) is 137 cm³/mol. The first kappa shape index (κ1) is 23.3.